The first-order valence-corrected chi connectivity index (χ1v) is 5.65. The van der Waals surface area contributed by atoms with Crippen molar-refractivity contribution in [3.63, 3.8) is 0 Å². The zero-order chi connectivity index (χ0) is 13.3. The molecule has 98 valence electrons. The van der Waals surface area contributed by atoms with E-state index in [1.54, 1.807) is 16.5 Å². The van der Waals surface area contributed by atoms with Crippen LogP contribution in [0.3, 0.4) is 0 Å². The van der Waals surface area contributed by atoms with Gasteiger partial charge in [-0.25, -0.2) is 14.5 Å². The number of rotatable bonds is 1. The average Bonchev–Trinajstić information content (AvgIpc) is 2.61. The number of hydrogen-bond acceptors (Lipinski definition) is 5. The molecule has 0 fully saturated rings. The number of hydrazine groups is 2. The van der Waals surface area contributed by atoms with Gasteiger partial charge in [-0.15, -0.1) is 5.12 Å². The number of nitrogens with zero attached hydrogens (tertiary/aromatic N) is 5. The Morgan fingerprint density at radius 1 is 1.44 bits per heavy atom. The molecule has 7 heteroatoms. The molecule has 1 aromatic heterocycles. The predicted molar refractivity (Wildman–Crippen MR) is 70.0 cm³/mol. The third-order valence-corrected chi connectivity index (χ3v) is 2.46. The highest BCUT2D eigenvalue weighted by molar-refractivity contribution is 5.73. The maximum Gasteiger partial charge on any atom is 0.471 e. The molecule has 2 heterocycles. The lowest BCUT2D eigenvalue weighted by molar-refractivity contribution is -0.481. The number of fused-ring (bicyclic) bond motifs is 1. The van der Waals surface area contributed by atoms with Gasteiger partial charge in [-0.3, -0.25) is 10.3 Å². The number of amidine groups is 1. The largest absolute Gasteiger partial charge is 0.471 e. The fraction of sp³-hybridized carbons (Fsp3) is 0.455. The quantitative estimate of drug-likeness (QED) is 0.437. The summed E-state index contributed by atoms with van der Waals surface area (Å²) in [5.74, 6) is 0.737. The third kappa shape index (κ3) is 2.17. The molecule has 2 rings (SSSR count). The van der Waals surface area contributed by atoms with Gasteiger partial charge in [-0.05, 0) is 12.1 Å². The lowest BCUT2D eigenvalue weighted by Gasteiger charge is -2.24. The third-order valence-electron chi connectivity index (χ3n) is 2.46. The van der Waals surface area contributed by atoms with E-state index >= 15 is 0 Å². The molecule has 0 spiro atoms. The summed E-state index contributed by atoms with van der Waals surface area (Å²) >= 11 is 0. The number of anilines is 2. The van der Waals surface area contributed by atoms with Gasteiger partial charge in [-0.2, -0.15) is 0 Å². The Labute approximate surface area is 107 Å². The number of nitrogens with one attached hydrogen (secondary N) is 1. The highest BCUT2D eigenvalue weighted by atomic mass is 16.7. The molecule has 0 unspecified atom stereocenters. The second-order valence-electron chi connectivity index (χ2n) is 4.45. The molecule has 0 atom stereocenters. The molecule has 1 aliphatic rings. The van der Waals surface area contributed by atoms with E-state index in [1.165, 1.54) is 0 Å². The lowest BCUT2D eigenvalue weighted by Crippen LogP contribution is -2.45. The maximum absolute atomic E-state index is 5.88. The molecule has 0 bridgehead atoms. The van der Waals surface area contributed by atoms with Crippen LogP contribution in [0.2, 0.25) is 0 Å². The molecule has 1 aromatic rings. The van der Waals surface area contributed by atoms with Crippen LogP contribution in [-0.2, 0) is 4.84 Å². The van der Waals surface area contributed by atoms with Crippen molar-refractivity contribution in [2.75, 3.05) is 45.8 Å². The van der Waals surface area contributed by atoms with E-state index in [2.05, 4.69) is 10.4 Å². The van der Waals surface area contributed by atoms with Crippen molar-refractivity contribution in [1.82, 2.24) is 15.0 Å². The first-order chi connectivity index (χ1) is 8.50. The van der Waals surface area contributed by atoms with E-state index in [4.69, 9.17) is 4.84 Å². The van der Waals surface area contributed by atoms with Crippen LogP contribution in [0.25, 0.3) is 0 Å². The molecular weight excluding hydrogens is 232 g/mol. The summed E-state index contributed by atoms with van der Waals surface area (Å²) in [6.07, 6.45) is 1.74. The van der Waals surface area contributed by atoms with Gasteiger partial charge in [0.15, 0.2) is 0 Å². The molecule has 0 amide bonds. The molecule has 0 saturated carbocycles. The van der Waals surface area contributed by atoms with Crippen molar-refractivity contribution >= 4 is 17.5 Å². The molecule has 1 aliphatic heterocycles. The van der Waals surface area contributed by atoms with Crippen molar-refractivity contribution < 1.29 is 9.41 Å². The van der Waals surface area contributed by atoms with Crippen molar-refractivity contribution in [2.24, 2.45) is 0 Å². The van der Waals surface area contributed by atoms with Crippen LogP contribution in [0.5, 0.6) is 0 Å². The summed E-state index contributed by atoms with van der Waals surface area (Å²) in [6, 6.07) is 4.54. The van der Waals surface area contributed by atoms with Gasteiger partial charge in [0.25, 0.3) is 0 Å². The van der Waals surface area contributed by atoms with Crippen LogP contribution < -0.4 is 10.6 Å². The van der Waals surface area contributed by atoms with Crippen LogP contribution in [0, 0.1) is 0 Å². The number of hydrogen-bond donors (Lipinski definition) is 1. The summed E-state index contributed by atoms with van der Waals surface area (Å²) < 4.78 is 1.90. The van der Waals surface area contributed by atoms with Crippen LogP contribution >= 0.6 is 0 Å². The van der Waals surface area contributed by atoms with Crippen molar-refractivity contribution in [3.8, 4) is 0 Å². The van der Waals surface area contributed by atoms with Gasteiger partial charge in [0.2, 0.25) is 5.82 Å². The second kappa shape index (κ2) is 4.69. The van der Waals surface area contributed by atoms with E-state index in [1.807, 2.05) is 56.8 Å². The molecule has 18 heavy (non-hydrogen) atoms. The Balaban J connectivity index is 2.27. The summed E-state index contributed by atoms with van der Waals surface area (Å²) in [5.41, 5.74) is 4.07. The van der Waals surface area contributed by atoms with Gasteiger partial charge < -0.3 is 0 Å². The minimum absolute atomic E-state index is 0.710. The van der Waals surface area contributed by atoms with Gasteiger partial charge in [0, 0.05) is 13.2 Å². The molecule has 0 radical (unpaired) electrons. The van der Waals surface area contributed by atoms with E-state index in [0.29, 0.717) is 6.02 Å². The number of pyridine rings is 1. The summed E-state index contributed by atoms with van der Waals surface area (Å²) in [4.78, 5) is 12.1. The summed E-state index contributed by atoms with van der Waals surface area (Å²) in [6.45, 7) is 0. The van der Waals surface area contributed by atoms with Crippen molar-refractivity contribution in [2.45, 2.75) is 0 Å². The average molecular weight is 251 g/mol. The molecule has 1 N–H and O–H groups in total. The van der Waals surface area contributed by atoms with E-state index < -0.39 is 0 Å². The van der Waals surface area contributed by atoms with Crippen LogP contribution in [0.4, 0.5) is 11.5 Å². The fourth-order valence-corrected chi connectivity index (χ4v) is 1.74. The first kappa shape index (κ1) is 12.4. The van der Waals surface area contributed by atoms with Crippen LogP contribution in [0.15, 0.2) is 18.3 Å². The van der Waals surface area contributed by atoms with Crippen LogP contribution in [-0.4, -0.2) is 60.8 Å². The van der Waals surface area contributed by atoms with Gasteiger partial charge >= 0.3 is 6.02 Å². The monoisotopic (exact) mass is 251 g/mol. The van der Waals surface area contributed by atoms with Gasteiger partial charge in [0.05, 0.1) is 33.9 Å². The van der Waals surface area contributed by atoms with E-state index in [9.17, 15) is 0 Å². The van der Waals surface area contributed by atoms with E-state index in [-0.39, 0.29) is 0 Å². The normalized spacial score (nSPS) is 13.9. The highest BCUT2D eigenvalue weighted by Gasteiger charge is 2.31. The Kier molecular flexibility index (Phi) is 3.24. The second-order valence-corrected chi connectivity index (χ2v) is 4.45. The maximum atomic E-state index is 5.88. The molecule has 0 aromatic carbocycles. The molecular formula is C11H19N6O+. The van der Waals surface area contributed by atoms with E-state index in [0.717, 1.165) is 11.5 Å². The van der Waals surface area contributed by atoms with Crippen molar-refractivity contribution in [1.29, 1.82) is 0 Å². The lowest BCUT2D eigenvalue weighted by atomic mass is 10.4. The fourth-order valence-electron chi connectivity index (χ4n) is 1.74. The minimum atomic E-state index is 0.710. The minimum Gasteiger partial charge on any atom is -0.295 e. The highest BCUT2D eigenvalue weighted by Crippen LogP contribution is 2.30. The van der Waals surface area contributed by atoms with Gasteiger partial charge in [0.1, 0.15) is 0 Å². The smallest absolute Gasteiger partial charge is 0.295 e. The summed E-state index contributed by atoms with van der Waals surface area (Å²) in [5, 5.41) is 3.36. The first-order valence-electron chi connectivity index (χ1n) is 5.65. The zero-order valence-electron chi connectivity index (χ0n) is 11.4. The Hall–Kier alpha value is -2.02. The standard InChI is InChI=1S/C11H19N6O/c1-14(2)11(15(3)4)18-17-10-9(13-16(17)5)7-6-8-12-10/h6-8,13H,1-5H3/q+1. The molecule has 7 nitrogen and oxygen atoms in total. The van der Waals surface area contributed by atoms with Crippen LogP contribution in [0.1, 0.15) is 0 Å². The zero-order valence-corrected chi connectivity index (χ0v) is 11.4. The molecule has 0 aliphatic carbocycles. The Morgan fingerprint density at radius 2 is 2.17 bits per heavy atom. The topological polar surface area (TPSA) is 46.9 Å². The van der Waals surface area contributed by atoms with Gasteiger partial charge in [-0.1, -0.05) is 5.17 Å². The Morgan fingerprint density at radius 3 is 2.78 bits per heavy atom. The Bertz CT molecular complexity index is 468. The summed E-state index contributed by atoms with van der Waals surface area (Å²) in [7, 11) is 9.58. The predicted octanol–water partition coefficient (Wildman–Crippen LogP) is 0.197. The molecule has 0 saturated heterocycles. The number of aromatic nitrogens is 1. The SMILES string of the molecule is CN(C)C(ON1c2ncccc2NN1C)=[N+](C)C. The van der Waals surface area contributed by atoms with Crippen molar-refractivity contribution in [3.05, 3.63) is 18.3 Å².